The molecular weight excluding hydrogens is 294 g/mol. The summed E-state index contributed by atoms with van der Waals surface area (Å²) in [5, 5.41) is 7.25. The molecule has 0 atom stereocenters. The van der Waals surface area contributed by atoms with Gasteiger partial charge in [-0.1, -0.05) is 39.4 Å². The largest absolute Gasteiger partial charge is 0.256 e. The van der Waals surface area contributed by atoms with Crippen molar-refractivity contribution in [2.75, 3.05) is 0 Å². The first kappa shape index (κ1) is 10.7. The van der Waals surface area contributed by atoms with Gasteiger partial charge in [-0.3, -0.25) is 5.10 Å². The molecule has 1 N–H and O–H groups in total. The summed E-state index contributed by atoms with van der Waals surface area (Å²) in [5.74, 6) is 0. The van der Waals surface area contributed by atoms with E-state index in [0.29, 0.717) is 9.09 Å². The molecule has 0 fully saturated rings. The van der Waals surface area contributed by atoms with E-state index in [-0.39, 0.29) is 0 Å². The lowest BCUT2D eigenvalue weighted by Crippen LogP contribution is -1.78. The van der Waals surface area contributed by atoms with Crippen LogP contribution in [-0.4, -0.2) is 16.4 Å². The molecule has 3 nitrogen and oxygen atoms in total. The molecular formula is C9H6BrN3S2. The van der Waals surface area contributed by atoms with Crippen LogP contribution in [0.2, 0.25) is 0 Å². The molecule has 1 aromatic heterocycles. The summed E-state index contributed by atoms with van der Waals surface area (Å²) in [6.45, 7) is 0. The first-order valence-corrected chi connectivity index (χ1v) is 6.11. The molecule has 0 saturated heterocycles. The maximum Gasteiger partial charge on any atom is 0.230 e. The number of benzene rings is 1. The SMILES string of the molecule is S=c1[nH]nc(/N=C/c2ccc(Br)cc2)s1. The number of H-pyrrole nitrogens is 1. The van der Waals surface area contributed by atoms with Crippen LogP contribution in [-0.2, 0) is 0 Å². The molecule has 0 radical (unpaired) electrons. The number of hydrogen-bond acceptors (Lipinski definition) is 4. The Balaban J connectivity index is 2.18. The first-order chi connectivity index (χ1) is 7.24. The van der Waals surface area contributed by atoms with Gasteiger partial charge < -0.3 is 0 Å². The Morgan fingerprint density at radius 1 is 1.40 bits per heavy atom. The summed E-state index contributed by atoms with van der Waals surface area (Å²) in [6, 6.07) is 7.88. The topological polar surface area (TPSA) is 41.0 Å². The van der Waals surface area contributed by atoms with Crippen LogP contribution < -0.4 is 0 Å². The summed E-state index contributed by atoms with van der Waals surface area (Å²) >= 11 is 9.62. The molecule has 0 amide bonds. The van der Waals surface area contributed by atoms with Crippen molar-refractivity contribution in [2.45, 2.75) is 0 Å². The van der Waals surface area contributed by atoms with Crippen LogP contribution >= 0.6 is 39.5 Å². The summed E-state index contributed by atoms with van der Waals surface area (Å²) in [5.41, 5.74) is 1.03. The number of rotatable bonds is 2. The average Bonchev–Trinajstić information content (AvgIpc) is 2.64. The van der Waals surface area contributed by atoms with E-state index < -0.39 is 0 Å². The smallest absolute Gasteiger partial charge is 0.230 e. The predicted octanol–water partition coefficient (Wildman–Crippen LogP) is 3.71. The van der Waals surface area contributed by atoms with Gasteiger partial charge in [-0.05, 0) is 29.9 Å². The van der Waals surface area contributed by atoms with E-state index in [1.54, 1.807) is 6.21 Å². The van der Waals surface area contributed by atoms with Crippen molar-refractivity contribution in [3.05, 3.63) is 38.3 Å². The summed E-state index contributed by atoms with van der Waals surface area (Å²) in [6.07, 6.45) is 1.76. The summed E-state index contributed by atoms with van der Waals surface area (Å²) in [7, 11) is 0. The fraction of sp³-hybridized carbons (Fsp3) is 0. The fourth-order valence-electron chi connectivity index (χ4n) is 0.956. The maximum absolute atomic E-state index is 4.90. The van der Waals surface area contributed by atoms with E-state index in [2.05, 4.69) is 31.1 Å². The molecule has 15 heavy (non-hydrogen) atoms. The third-order valence-corrected chi connectivity index (χ3v) is 3.15. The Morgan fingerprint density at radius 3 is 2.73 bits per heavy atom. The number of aromatic amines is 1. The number of aliphatic imine (C=N–C) groups is 1. The molecule has 0 aliphatic heterocycles. The van der Waals surface area contributed by atoms with Crippen molar-refractivity contribution >= 4 is 50.8 Å². The van der Waals surface area contributed by atoms with Crippen LogP contribution in [0.25, 0.3) is 0 Å². The second-order valence-electron chi connectivity index (χ2n) is 2.71. The van der Waals surface area contributed by atoms with Crippen molar-refractivity contribution in [1.29, 1.82) is 0 Å². The van der Waals surface area contributed by atoms with Crippen molar-refractivity contribution < 1.29 is 0 Å². The predicted molar refractivity (Wildman–Crippen MR) is 68.7 cm³/mol. The van der Waals surface area contributed by atoms with Crippen LogP contribution in [0.15, 0.2) is 33.7 Å². The minimum atomic E-state index is 0.637. The number of nitrogens with one attached hydrogen (secondary N) is 1. The summed E-state index contributed by atoms with van der Waals surface area (Å²) in [4.78, 5) is 4.20. The van der Waals surface area contributed by atoms with Gasteiger partial charge in [0.25, 0.3) is 0 Å². The molecule has 0 unspecified atom stereocenters. The second-order valence-corrected chi connectivity index (χ2v) is 5.27. The van der Waals surface area contributed by atoms with E-state index in [1.165, 1.54) is 11.3 Å². The average molecular weight is 300 g/mol. The van der Waals surface area contributed by atoms with Crippen molar-refractivity contribution in [3.63, 3.8) is 0 Å². The third kappa shape index (κ3) is 3.05. The van der Waals surface area contributed by atoms with Gasteiger partial charge in [-0.25, -0.2) is 4.99 Å². The Bertz CT molecular complexity index is 527. The van der Waals surface area contributed by atoms with Crippen molar-refractivity contribution in [2.24, 2.45) is 4.99 Å². The molecule has 2 aromatic rings. The van der Waals surface area contributed by atoms with Crippen LogP contribution in [0.4, 0.5) is 5.13 Å². The molecule has 1 aromatic carbocycles. The van der Waals surface area contributed by atoms with E-state index in [4.69, 9.17) is 12.2 Å². The minimum Gasteiger partial charge on any atom is -0.256 e. The Labute approximate surface area is 104 Å². The lowest BCUT2D eigenvalue weighted by Gasteiger charge is -1.91. The minimum absolute atomic E-state index is 0.637. The number of nitrogens with zero attached hydrogens (tertiary/aromatic N) is 2. The highest BCUT2D eigenvalue weighted by Gasteiger charge is 1.92. The van der Waals surface area contributed by atoms with Gasteiger partial charge in [0.15, 0.2) is 3.95 Å². The van der Waals surface area contributed by atoms with Crippen LogP contribution in [0.3, 0.4) is 0 Å². The van der Waals surface area contributed by atoms with E-state index >= 15 is 0 Å². The highest BCUT2D eigenvalue weighted by atomic mass is 79.9. The highest BCUT2D eigenvalue weighted by Crippen LogP contribution is 2.15. The molecule has 6 heteroatoms. The van der Waals surface area contributed by atoms with E-state index in [0.717, 1.165) is 10.0 Å². The Morgan fingerprint density at radius 2 is 2.13 bits per heavy atom. The Kier molecular flexibility index (Phi) is 3.40. The number of halogens is 1. The lowest BCUT2D eigenvalue weighted by molar-refractivity contribution is 1.07. The monoisotopic (exact) mass is 299 g/mol. The number of aromatic nitrogens is 2. The molecule has 0 aliphatic carbocycles. The van der Waals surface area contributed by atoms with Crippen LogP contribution in [0, 0.1) is 3.95 Å². The zero-order valence-electron chi connectivity index (χ0n) is 7.48. The van der Waals surface area contributed by atoms with E-state index in [1.807, 2.05) is 24.3 Å². The molecule has 2 rings (SSSR count). The van der Waals surface area contributed by atoms with Crippen molar-refractivity contribution in [3.8, 4) is 0 Å². The quantitative estimate of drug-likeness (QED) is 0.678. The molecule has 1 heterocycles. The van der Waals surface area contributed by atoms with Crippen molar-refractivity contribution in [1.82, 2.24) is 10.2 Å². The molecule has 0 aliphatic rings. The lowest BCUT2D eigenvalue weighted by atomic mass is 10.2. The third-order valence-electron chi connectivity index (χ3n) is 1.62. The first-order valence-electron chi connectivity index (χ1n) is 4.09. The normalized spacial score (nSPS) is 11.0. The molecule has 0 spiro atoms. The Hall–Kier alpha value is -0.850. The van der Waals surface area contributed by atoms with Gasteiger partial charge in [0.2, 0.25) is 5.13 Å². The highest BCUT2D eigenvalue weighted by molar-refractivity contribution is 9.10. The molecule has 76 valence electrons. The maximum atomic E-state index is 4.90. The molecule has 0 bridgehead atoms. The van der Waals surface area contributed by atoms with Gasteiger partial charge in [-0.2, -0.15) is 0 Å². The summed E-state index contributed by atoms with van der Waals surface area (Å²) < 4.78 is 1.69. The van der Waals surface area contributed by atoms with Gasteiger partial charge >= 0.3 is 0 Å². The fourth-order valence-corrected chi connectivity index (χ4v) is 1.94. The van der Waals surface area contributed by atoms with Gasteiger partial charge in [0.05, 0.1) is 0 Å². The van der Waals surface area contributed by atoms with E-state index in [9.17, 15) is 0 Å². The molecule has 0 saturated carbocycles. The van der Waals surface area contributed by atoms with Gasteiger partial charge in [0.1, 0.15) is 0 Å². The zero-order valence-corrected chi connectivity index (χ0v) is 10.7. The van der Waals surface area contributed by atoms with Crippen LogP contribution in [0.1, 0.15) is 5.56 Å². The van der Waals surface area contributed by atoms with Crippen LogP contribution in [0.5, 0.6) is 0 Å². The van der Waals surface area contributed by atoms with Gasteiger partial charge in [-0.15, -0.1) is 5.10 Å². The second kappa shape index (κ2) is 4.78. The zero-order chi connectivity index (χ0) is 10.7. The number of hydrogen-bond donors (Lipinski definition) is 1. The van der Waals surface area contributed by atoms with Gasteiger partial charge in [0, 0.05) is 10.7 Å². The standard InChI is InChI=1S/C9H6BrN3S2/c10-7-3-1-6(2-4-7)5-11-8-12-13-9(14)15-8/h1-5H,(H,13,14)/b11-5+.